The van der Waals surface area contributed by atoms with Crippen LogP contribution < -0.4 is 10.3 Å². The molecule has 0 spiro atoms. The van der Waals surface area contributed by atoms with Gasteiger partial charge in [0.25, 0.3) is 5.56 Å². The monoisotopic (exact) mass is 329 g/mol. The number of para-hydroxylation sites is 2. The molecule has 0 amide bonds. The minimum Gasteiger partial charge on any atom is -0.457 e. The highest BCUT2D eigenvalue weighted by Crippen LogP contribution is 2.25. The third kappa shape index (κ3) is 3.12. The molecule has 0 bridgehead atoms. The van der Waals surface area contributed by atoms with Crippen LogP contribution in [0.15, 0.2) is 83.7 Å². The van der Waals surface area contributed by atoms with Gasteiger partial charge < -0.3 is 4.74 Å². The van der Waals surface area contributed by atoms with E-state index in [0.29, 0.717) is 23.2 Å². The van der Waals surface area contributed by atoms with E-state index in [1.807, 2.05) is 66.7 Å². The first-order chi connectivity index (χ1) is 12.3. The van der Waals surface area contributed by atoms with Crippen LogP contribution in [0.4, 0.5) is 0 Å². The number of rotatable bonds is 4. The molecule has 1 heterocycles. The van der Waals surface area contributed by atoms with Crippen molar-refractivity contribution < 1.29 is 4.74 Å². The first-order valence-electron chi connectivity index (χ1n) is 7.94. The second kappa shape index (κ2) is 6.57. The van der Waals surface area contributed by atoms with Crippen LogP contribution in [0.1, 0.15) is 5.56 Å². The second-order valence-electron chi connectivity index (χ2n) is 5.59. The molecule has 0 aliphatic carbocycles. The van der Waals surface area contributed by atoms with E-state index in [9.17, 15) is 4.79 Å². The molecule has 25 heavy (non-hydrogen) atoms. The molecule has 0 saturated heterocycles. The smallest absolute Gasteiger partial charge is 0.277 e. The topological polar surface area (TPSA) is 57.0 Å². The Balaban J connectivity index is 1.70. The van der Waals surface area contributed by atoms with Crippen molar-refractivity contribution in [2.75, 3.05) is 0 Å². The fourth-order valence-corrected chi connectivity index (χ4v) is 2.64. The zero-order valence-electron chi connectivity index (χ0n) is 13.4. The highest BCUT2D eigenvalue weighted by Gasteiger charge is 2.09. The first-order valence-corrected chi connectivity index (χ1v) is 7.94. The summed E-state index contributed by atoms with van der Waals surface area (Å²) >= 11 is 0. The van der Waals surface area contributed by atoms with Crippen LogP contribution >= 0.6 is 0 Å². The van der Waals surface area contributed by atoms with Crippen molar-refractivity contribution in [2.24, 2.45) is 0 Å². The molecule has 0 atom stereocenters. The van der Waals surface area contributed by atoms with E-state index in [1.54, 1.807) is 12.1 Å². The number of fused-ring (bicyclic) bond motifs is 1. The standard InChI is InChI=1S/C20H15N3O2/c24-20-17-11-5-6-12-18(17)21-22-23(20)14-15-8-4-7-13-19(15)25-16-9-2-1-3-10-16/h1-13H,14H2. The molecular formula is C20H15N3O2. The average molecular weight is 329 g/mol. The third-order valence-corrected chi connectivity index (χ3v) is 3.89. The van der Waals surface area contributed by atoms with Crippen LogP contribution in [-0.4, -0.2) is 15.0 Å². The van der Waals surface area contributed by atoms with E-state index in [-0.39, 0.29) is 5.56 Å². The number of aromatic nitrogens is 3. The van der Waals surface area contributed by atoms with E-state index in [2.05, 4.69) is 10.3 Å². The Morgan fingerprint density at radius 3 is 2.44 bits per heavy atom. The predicted octanol–water partition coefficient (Wildman–Crippen LogP) is 3.63. The van der Waals surface area contributed by atoms with E-state index in [1.165, 1.54) is 4.68 Å². The normalized spacial score (nSPS) is 10.7. The minimum absolute atomic E-state index is 0.167. The van der Waals surface area contributed by atoms with Crippen LogP contribution in [0.25, 0.3) is 10.9 Å². The largest absolute Gasteiger partial charge is 0.457 e. The van der Waals surface area contributed by atoms with Gasteiger partial charge in [0.2, 0.25) is 0 Å². The lowest BCUT2D eigenvalue weighted by Crippen LogP contribution is -2.24. The lowest BCUT2D eigenvalue weighted by molar-refractivity contribution is 0.469. The minimum atomic E-state index is -0.167. The Morgan fingerprint density at radius 2 is 1.56 bits per heavy atom. The molecule has 4 aromatic rings. The van der Waals surface area contributed by atoms with Gasteiger partial charge in [0.05, 0.1) is 11.9 Å². The fourth-order valence-electron chi connectivity index (χ4n) is 2.64. The van der Waals surface area contributed by atoms with Gasteiger partial charge in [-0.1, -0.05) is 53.7 Å². The van der Waals surface area contributed by atoms with Crippen molar-refractivity contribution in [1.29, 1.82) is 0 Å². The maximum absolute atomic E-state index is 12.6. The molecule has 0 radical (unpaired) electrons. The van der Waals surface area contributed by atoms with Crippen molar-refractivity contribution in [3.05, 3.63) is 94.8 Å². The van der Waals surface area contributed by atoms with Crippen LogP contribution in [0.5, 0.6) is 11.5 Å². The highest BCUT2D eigenvalue weighted by molar-refractivity contribution is 5.76. The summed E-state index contributed by atoms with van der Waals surface area (Å²) in [6, 6.07) is 24.3. The molecular weight excluding hydrogens is 314 g/mol. The van der Waals surface area contributed by atoms with Gasteiger partial charge >= 0.3 is 0 Å². The first kappa shape index (κ1) is 15.1. The van der Waals surface area contributed by atoms with Crippen molar-refractivity contribution in [1.82, 2.24) is 15.0 Å². The van der Waals surface area contributed by atoms with Crippen LogP contribution in [-0.2, 0) is 6.54 Å². The predicted molar refractivity (Wildman–Crippen MR) is 95.9 cm³/mol. The number of nitrogens with zero attached hydrogens (tertiary/aromatic N) is 3. The van der Waals surface area contributed by atoms with Crippen molar-refractivity contribution in [3.63, 3.8) is 0 Å². The van der Waals surface area contributed by atoms with E-state index < -0.39 is 0 Å². The van der Waals surface area contributed by atoms with Gasteiger partial charge in [0.1, 0.15) is 17.0 Å². The second-order valence-corrected chi connectivity index (χ2v) is 5.59. The van der Waals surface area contributed by atoms with E-state index >= 15 is 0 Å². The Kier molecular flexibility index (Phi) is 3.96. The number of hydrogen-bond donors (Lipinski definition) is 0. The van der Waals surface area contributed by atoms with Crippen LogP contribution in [0.2, 0.25) is 0 Å². The Hall–Kier alpha value is -3.47. The summed E-state index contributed by atoms with van der Waals surface area (Å²) in [5, 5.41) is 8.73. The van der Waals surface area contributed by atoms with E-state index in [0.717, 1.165) is 11.3 Å². The SMILES string of the molecule is O=c1c2ccccc2nnn1Cc1ccccc1Oc1ccccc1. The Bertz CT molecular complexity index is 1070. The lowest BCUT2D eigenvalue weighted by atomic mass is 10.2. The lowest BCUT2D eigenvalue weighted by Gasteiger charge is -2.11. The van der Waals surface area contributed by atoms with Crippen molar-refractivity contribution in [2.45, 2.75) is 6.54 Å². The van der Waals surface area contributed by atoms with Gasteiger partial charge in [-0.05, 0) is 30.3 Å². The van der Waals surface area contributed by atoms with Gasteiger partial charge in [-0.15, -0.1) is 5.10 Å². The summed E-state index contributed by atoms with van der Waals surface area (Å²) < 4.78 is 7.30. The summed E-state index contributed by atoms with van der Waals surface area (Å²) in [6.45, 7) is 0.291. The fraction of sp³-hybridized carbons (Fsp3) is 0.0500. The van der Waals surface area contributed by atoms with Gasteiger partial charge in [0, 0.05) is 5.56 Å². The maximum atomic E-state index is 12.6. The molecule has 0 aliphatic heterocycles. The molecule has 122 valence electrons. The van der Waals surface area contributed by atoms with Crippen LogP contribution in [0, 0.1) is 0 Å². The summed E-state index contributed by atoms with van der Waals surface area (Å²) in [6.07, 6.45) is 0. The molecule has 0 fully saturated rings. The highest BCUT2D eigenvalue weighted by atomic mass is 16.5. The van der Waals surface area contributed by atoms with Gasteiger partial charge in [-0.3, -0.25) is 4.79 Å². The van der Waals surface area contributed by atoms with Gasteiger partial charge in [0.15, 0.2) is 0 Å². The molecule has 0 saturated carbocycles. The number of benzene rings is 3. The molecule has 1 aromatic heterocycles. The zero-order chi connectivity index (χ0) is 17.1. The number of hydrogen-bond acceptors (Lipinski definition) is 4. The van der Waals surface area contributed by atoms with Crippen molar-refractivity contribution in [3.8, 4) is 11.5 Å². The maximum Gasteiger partial charge on any atom is 0.277 e. The third-order valence-electron chi connectivity index (χ3n) is 3.89. The molecule has 0 aliphatic rings. The van der Waals surface area contributed by atoms with Crippen LogP contribution in [0.3, 0.4) is 0 Å². The Labute approximate surface area is 144 Å². The average Bonchev–Trinajstić information content (AvgIpc) is 2.66. The van der Waals surface area contributed by atoms with Gasteiger partial charge in [-0.2, -0.15) is 0 Å². The van der Waals surface area contributed by atoms with Crippen molar-refractivity contribution >= 4 is 10.9 Å². The summed E-state index contributed by atoms with van der Waals surface area (Å²) in [7, 11) is 0. The zero-order valence-corrected chi connectivity index (χ0v) is 13.4. The quantitative estimate of drug-likeness (QED) is 0.574. The molecule has 3 aromatic carbocycles. The summed E-state index contributed by atoms with van der Waals surface area (Å²) in [5.74, 6) is 1.43. The van der Waals surface area contributed by atoms with Gasteiger partial charge in [-0.25, -0.2) is 4.68 Å². The molecule has 0 unspecified atom stereocenters. The summed E-state index contributed by atoms with van der Waals surface area (Å²) in [5.41, 5.74) is 1.29. The summed E-state index contributed by atoms with van der Waals surface area (Å²) in [4.78, 5) is 12.6. The molecule has 5 nitrogen and oxygen atoms in total. The Morgan fingerprint density at radius 1 is 0.840 bits per heavy atom. The molecule has 0 N–H and O–H groups in total. The van der Waals surface area contributed by atoms with E-state index in [4.69, 9.17) is 4.74 Å². The number of ether oxygens (including phenoxy) is 1. The molecule has 5 heteroatoms. The molecule has 4 rings (SSSR count).